The summed E-state index contributed by atoms with van der Waals surface area (Å²) in [4.78, 5) is 5.78. The van der Waals surface area contributed by atoms with Crippen LogP contribution in [0.25, 0.3) is 0 Å². The average Bonchev–Trinajstić information content (AvgIpc) is 3.07. The fraction of sp³-hybridized carbons (Fsp3) is 0.667. The van der Waals surface area contributed by atoms with Crippen LogP contribution in [-0.4, -0.2) is 19.0 Å². The Morgan fingerprint density at radius 3 is 2.90 bits per heavy atom. The molecule has 0 spiro atoms. The van der Waals surface area contributed by atoms with Crippen LogP contribution in [0.5, 0.6) is 0 Å². The molecule has 1 fully saturated rings. The van der Waals surface area contributed by atoms with Gasteiger partial charge in [0.2, 0.25) is 0 Å². The maximum absolute atomic E-state index is 5.85. The highest BCUT2D eigenvalue weighted by Gasteiger charge is 2.13. The van der Waals surface area contributed by atoms with Crippen molar-refractivity contribution in [2.45, 2.75) is 44.9 Å². The summed E-state index contributed by atoms with van der Waals surface area (Å²) in [6.45, 7) is 1.74. The van der Waals surface area contributed by atoms with Gasteiger partial charge >= 0.3 is 0 Å². The van der Waals surface area contributed by atoms with Crippen LogP contribution >= 0.6 is 35.3 Å². The average molecular weight is 407 g/mol. The largest absolute Gasteiger partial charge is 0.370 e. The Hall–Kier alpha value is -0.300. The predicted octanol–water partition coefficient (Wildman–Crippen LogP) is 3.78. The quantitative estimate of drug-likeness (QED) is 0.313. The molecule has 0 amide bonds. The zero-order valence-corrected chi connectivity index (χ0v) is 15.2. The summed E-state index contributed by atoms with van der Waals surface area (Å²) in [5.41, 5.74) is 5.85. The first-order valence-corrected chi connectivity index (χ1v) is 8.29. The summed E-state index contributed by atoms with van der Waals surface area (Å²) in [5, 5.41) is 5.29. The van der Waals surface area contributed by atoms with E-state index in [1.807, 2.05) is 0 Å². The Labute approximate surface area is 143 Å². The predicted molar refractivity (Wildman–Crippen MR) is 99.1 cm³/mol. The fourth-order valence-electron chi connectivity index (χ4n) is 2.70. The van der Waals surface area contributed by atoms with E-state index in [0.717, 1.165) is 25.4 Å². The molecule has 1 aliphatic carbocycles. The number of halogens is 1. The third-order valence-electron chi connectivity index (χ3n) is 3.78. The van der Waals surface area contributed by atoms with Crippen LogP contribution in [0.1, 0.15) is 43.4 Å². The van der Waals surface area contributed by atoms with Gasteiger partial charge in [-0.2, -0.15) is 0 Å². The number of thiophene rings is 1. The molecule has 1 aromatic rings. The minimum Gasteiger partial charge on any atom is -0.370 e. The van der Waals surface area contributed by atoms with Crippen molar-refractivity contribution in [1.82, 2.24) is 5.32 Å². The first-order chi connectivity index (χ1) is 9.34. The van der Waals surface area contributed by atoms with Crippen LogP contribution in [0.2, 0.25) is 0 Å². The smallest absolute Gasteiger partial charge is 0.188 e. The fourth-order valence-corrected chi connectivity index (χ4v) is 3.41. The maximum atomic E-state index is 5.85. The highest BCUT2D eigenvalue weighted by Crippen LogP contribution is 2.28. The van der Waals surface area contributed by atoms with Crippen LogP contribution in [0, 0.1) is 5.92 Å². The van der Waals surface area contributed by atoms with Crippen molar-refractivity contribution in [3.05, 3.63) is 22.4 Å². The number of guanidine groups is 1. The van der Waals surface area contributed by atoms with Crippen molar-refractivity contribution in [2.24, 2.45) is 16.6 Å². The lowest BCUT2D eigenvalue weighted by Crippen LogP contribution is -2.33. The molecule has 20 heavy (non-hydrogen) atoms. The molecule has 1 saturated carbocycles. The first-order valence-electron chi connectivity index (χ1n) is 7.41. The lowest BCUT2D eigenvalue weighted by atomic mass is 10.0. The molecule has 1 aromatic heterocycles. The highest BCUT2D eigenvalue weighted by atomic mass is 127. The highest BCUT2D eigenvalue weighted by molar-refractivity contribution is 14.0. The summed E-state index contributed by atoms with van der Waals surface area (Å²) in [7, 11) is 0. The van der Waals surface area contributed by atoms with E-state index in [1.165, 1.54) is 43.4 Å². The summed E-state index contributed by atoms with van der Waals surface area (Å²) < 4.78 is 0. The zero-order chi connectivity index (χ0) is 13.3. The van der Waals surface area contributed by atoms with Crippen molar-refractivity contribution in [3.63, 3.8) is 0 Å². The van der Waals surface area contributed by atoms with E-state index in [1.54, 1.807) is 11.3 Å². The standard InChI is InChI=1S/C15H25N3S.HI/c16-15(18-11-9-14-8-4-12-19-14)17-10-3-7-13-5-1-2-6-13;/h4,8,12-13H,1-3,5-7,9-11H2,(H3,16,17,18);1H. The lowest BCUT2D eigenvalue weighted by Gasteiger charge is -2.07. The van der Waals surface area contributed by atoms with Crippen molar-refractivity contribution in [2.75, 3.05) is 13.1 Å². The van der Waals surface area contributed by atoms with E-state index in [2.05, 4.69) is 27.8 Å². The van der Waals surface area contributed by atoms with Gasteiger partial charge in [-0.15, -0.1) is 35.3 Å². The van der Waals surface area contributed by atoms with E-state index >= 15 is 0 Å². The number of nitrogens with one attached hydrogen (secondary N) is 1. The molecule has 0 saturated heterocycles. The van der Waals surface area contributed by atoms with Gasteiger partial charge in [-0.1, -0.05) is 31.7 Å². The number of aliphatic imine (C=N–C) groups is 1. The van der Waals surface area contributed by atoms with Crippen LogP contribution in [-0.2, 0) is 6.42 Å². The molecular formula is C15H26IN3S. The molecule has 5 heteroatoms. The van der Waals surface area contributed by atoms with E-state index in [9.17, 15) is 0 Å². The van der Waals surface area contributed by atoms with Gasteiger partial charge in [0.1, 0.15) is 0 Å². The van der Waals surface area contributed by atoms with E-state index < -0.39 is 0 Å². The van der Waals surface area contributed by atoms with Crippen molar-refractivity contribution in [3.8, 4) is 0 Å². The Balaban J connectivity index is 0.00000200. The molecular weight excluding hydrogens is 381 g/mol. The Kier molecular flexibility index (Phi) is 9.26. The first kappa shape index (κ1) is 17.8. The van der Waals surface area contributed by atoms with E-state index in [4.69, 9.17) is 5.73 Å². The maximum Gasteiger partial charge on any atom is 0.188 e. The number of rotatable bonds is 7. The number of nitrogens with zero attached hydrogens (tertiary/aromatic N) is 1. The summed E-state index contributed by atoms with van der Waals surface area (Å²) >= 11 is 1.79. The van der Waals surface area contributed by atoms with E-state index in [0.29, 0.717) is 5.96 Å². The van der Waals surface area contributed by atoms with Crippen LogP contribution < -0.4 is 11.1 Å². The number of hydrogen-bond donors (Lipinski definition) is 2. The molecule has 0 aromatic carbocycles. The topological polar surface area (TPSA) is 50.4 Å². The van der Waals surface area contributed by atoms with Crippen LogP contribution in [0.4, 0.5) is 0 Å². The third kappa shape index (κ3) is 6.92. The molecule has 0 aliphatic heterocycles. The number of hydrogen-bond acceptors (Lipinski definition) is 2. The summed E-state index contributed by atoms with van der Waals surface area (Å²) in [6.07, 6.45) is 9.25. The van der Waals surface area contributed by atoms with Crippen molar-refractivity contribution in [1.29, 1.82) is 0 Å². The minimum absolute atomic E-state index is 0. The van der Waals surface area contributed by atoms with Gasteiger partial charge in [0, 0.05) is 18.0 Å². The normalized spacial score (nSPS) is 16.1. The van der Waals surface area contributed by atoms with Gasteiger partial charge in [-0.3, -0.25) is 4.99 Å². The van der Waals surface area contributed by atoms with E-state index in [-0.39, 0.29) is 24.0 Å². The molecule has 0 atom stereocenters. The second-order valence-electron chi connectivity index (χ2n) is 5.32. The van der Waals surface area contributed by atoms with Gasteiger partial charge in [-0.05, 0) is 36.6 Å². The third-order valence-corrected chi connectivity index (χ3v) is 4.72. The monoisotopic (exact) mass is 407 g/mol. The number of nitrogens with two attached hydrogens (primary N) is 1. The van der Waals surface area contributed by atoms with Crippen molar-refractivity contribution >= 4 is 41.3 Å². The SMILES string of the molecule is I.NC(=NCCCC1CCCC1)NCCc1cccs1. The molecule has 0 bridgehead atoms. The molecule has 1 heterocycles. The molecule has 0 unspecified atom stereocenters. The van der Waals surface area contributed by atoms with Gasteiger partial charge in [0.25, 0.3) is 0 Å². The second kappa shape index (κ2) is 10.4. The minimum atomic E-state index is 0. The molecule has 3 nitrogen and oxygen atoms in total. The summed E-state index contributed by atoms with van der Waals surface area (Å²) in [5.74, 6) is 1.56. The van der Waals surface area contributed by atoms with Gasteiger partial charge in [0.15, 0.2) is 5.96 Å². The molecule has 114 valence electrons. The zero-order valence-electron chi connectivity index (χ0n) is 12.0. The molecule has 3 N–H and O–H groups in total. The van der Waals surface area contributed by atoms with Gasteiger partial charge in [-0.25, -0.2) is 0 Å². The van der Waals surface area contributed by atoms with Crippen LogP contribution in [0.15, 0.2) is 22.5 Å². The lowest BCUT2D eigenvalue weighted by molar-refractivity contribution is 0.488. The Morgan fingerprint density at radius 1 is 1.40 bits per heavy atom. The molecule has 0 radical (unpaired) electrons. The van der Waals surface area contributed by atoms with Crippen molar-refractivity contribution < 1.29 is 0 Å². The second-order valence-corrected chi connectivity index (χ2v) is 6.35. The van der Waals surface area contributed by atoms with Crippen LogP contribution in [0.3, 0.4) is 0 Å². The summed E-state index contributed by atoms with van der Waals surface area (Å²) in [6, 6.07) is 4.24. The van der Waals surface area contributed by atoms with Gasteiger partial charge in [0.05, 0.1) is 0 Å². The molecule has 1 aliphatic rings. The van der Waals surface area contributed by atoms with Gasteiger partial charge < -0.3 is 11.1 Å². The molecule has 2 rings (SSSR count). The Morgan fingerprint density at radius 2 is 2.20 bits per heavy atom. The Bertz CT molecular complexity index is 372.